The van der Waals surface area contributed by atoms with Gasteiger partial charge in [0.15, 0.2) is 0 Å². The number of benzene rings is 2. The predicted molar refractivity (Wildman–Crippen MR) is 81.5 cm³/mol. The molecule has 3 rings (SSSR count). The molecule has 0 radical (unpaired) electrons. The van der Waals surface area contributed by atoms with E-state index < -0.39 is 0 Å². The maximum absolute atomic E-state index is 8.86. The topological polar surface area (TPSA) is 53.0 Å². The van der Waals surface area contributed by atoms with E-state index in [9.17, 15) is 0 Å². The summed E-state index contributed by atoms with van der Waals surface area (Å²) in [6, 6.07) is 16.5. The predicted octanol–water partition coefficient (Wildman–Crippen LogP) is 3.26. The van der Waals surface area contributed by atoms with E-state index in [1.54, 1.807) is 0 Å². The van der Waals surface area contributed by atoms with Gasteiger partial charge < -0.3 is 10.6 Å². The largest absolute Gasteiger partial charge is 0.399 e. The number of hydrogen-bond donors (Lipinski definition) is 1. The zero-order valence-electron chi connectivity index (χ0n) is 11.5. The van der Waals surface area contributed by atoms with Crippen LogP contribution < -0.4 is 10.6 Å². The second kappa shape index (κ2) is 4.90. The Labute approximate surface area is 119 Å². The number of nitrogens with two attached hydrogens (primary N) is 1. The highest BCUT2D eigenvalue weighted by atomic mass is 15.1. The molecule has 0 amide bonds. The lowest BCUT2D eigenvalue weighted by Crippen LogP contribution is -2.22. The van der Waals surface area contributed by atoms with Crippen molar-refractivity contribution >= 4 is 11.4 Å². The van der Waals surface area contributed by atoms with Crippen LogP contribution in [0.5, 0.6) is 0 Å². The molecule has 0 fully saturated rings. The molecule has 3 nitrogen and oxygen atoms in total. The van der Waals surface area contributed by atoms with Crippen molar-refractivity contribution < 1.29 is 0 Å². The number of nitrogens with zero attached hydrogens (tertiary/aromatic N) is 2. The summed E-state index contributed by atoms with van der Waals surface area (Å²) < 4.78 is 0. The molecule has 0 aliphatic heterocycles. The van der Waals surface area contributed by atoms with Gasteiger partial charge in [-0.05, 0) is 60.4 Å². The van der Waals surface area contributed by atoms with Crippen LogP contribution in [0.1, 0.15) is 29.2 Å². The third-order valence-corrected chi connectivity index (χ3v) is 4.08. The molecule has 0 bridgehead atoms. The Morgan fingerprint density at radius 1 is 1.20 bits per heavy atom. The van der Waals surface area contributed by atoms with Crippen LogP contribution in [0.3, 0.4) is 0 Å². The van der Waals surface area contributed by atoms with Crippen LogP contribution in [0.2, 0.25) is 0 Å². The molecule has 0 heterocycles. The van der Waals surface area contributed by atoms with Gasteiger partial charge in [-0.3, -0.25) is 0 Å². The first-order valence-corrected chi connectivity index (χ1v) is 6.80. The molecule has 0 aromatic heterocycles. The van der Waals surface area contributed by atoms with Crippen LogP contribution in [0, 0.1) is 11.3 Å². The van der Waals surface area contributed by atoms with E-state index >= 15 is 0 Å². The molecule has 100 valence electrons. The van der Waals surface area contributed by atoms with Crippen molar-refractivity contribution in [3.05, 3.63) is 59.2 Å². The van der Waals surface area contributed by atoms with Gasteiger partial charge in [-0.15, -0.1) is 0 Å². The molecule has 1 aliphatic carbocycles. The molecular weight excluding hydrogens is 246 g/mol. The number of anilines is 2. The van der Waals surface area contributed by atoms with Gasteiger partial charge >= 0.3 is 0 Å². The van der Waals surface area contributed by atoms with Gasteiger partial charge in [-0.25, -0.2) is 0 Å². The minimum Gasteiger partial charge on any atom is -0.399 e. The van der Waals surface area contributed by atoms with E-state index in [0.717, 1.165) is 24.2 Å². The molecule has 2 aromatic carbocycles. The van der Waals surface area contributed by atoms with Crippen molar-refractivity contribution in [2.75, 3.05) is 17.7 Å². The quantitative estimate of drug-likeness (QED) is 0.846. The Bertz CT molecular complexity index is 668. The SMILES string of the molecule is CN(c1ccc(C#N)cc1)C1CCc2cc(N)ccc21. The van der Waals surface area contributed by atoms with Crippen LogP contribution in [-0.2, 0) is 6.42 Å². The second-order valence-electron chi connectivity index (χ2n) is 5.28. The minimum absolute atomic E-state index is 0.388. The number of nitriles is 1. The van der Waals surface area contributed by atoms with E-state index in [1.165, 1.54) is 11.1 Å². The number of hydrogen-bond acceptors (Lipinski definition) is 3. The standard InChI is InChI=1S/C17H17N3/c1-20(15-6-2-12(11-18)3-7-15)17-9-4-13-10-14(19)5-8-16(13)17/h2-3,5-8,10,17H,4,9,19H2,1H3. The molecule has 0 spiro atoms. The third kappa shape index (κ3) is 2.10. The Morgan fingerprint density at radius 3 is 2.65 bits per heavy atom. The maximum atomic E-state index is 8.86. The van der Waals surface area contributed by atoms with Gasteiger partial charge in [0.05, 0.1) is 17.7 Å². The Balaban J connectivity index is 1.89. The van der Waals surface area contributed by atoms with Crippen molar-refractivity contribution in [2.45, 2.75) is 18.9 Å². The highest BCUT2D eigenvalue weighted by Crippen LogP contribution is 2.38. The van der Waals surface area contributed by atoms with Crippen LogP contribution in [0.15, 0.2) is 42.5 Å². The highest BCUT2D eigenvalue weighted by molar-refractivity contribution is 5.55. The first-order chi connectivity index (χ1) is 9.69. The molecule has 3 heteroatoms. The van der Waals surface area contributed by atoms with Crippen molar-refractivity contribution in [1.82, 2.24) is 0 Å². The lowest BCUT2D eigenvalue weighted by molar-refractivity contribution is 0.662. The molecule has 2 aromatic rings. The van der Waals surface area contributed by atoms with E-state index in [1.807, 2.05) is 30.3 Å². The number of rotatable bonds is 2. The summed E-state index contributed by atoms with van der Waals surface area (Å²) in [5, 5.41) is 8.86. The van der Waals surface area contributed by atoms with Crippen molar-refractivity contribution in [1.29, 1.82) is 5.26 Å². The Hall–Kier alpha value is -2.47. The Kier molecular flexibility index (Phi) is 3.08. The van der Waals surface area contributed by atoms with Gasteiger partial charge in [-0.1, -0.05) is 6.07 Å². The molecule has 1 atom stereocenters. The first-order valence-electron chi connectivity index (χ1n) is 6.80. The van der Waals surface area contributed by atoms with Crippen LogP contribution in [0.25, 0.3) is 0 Å². The fourth-order valence-electron chi connectivity index (χ4n) is 2.97. The molecule has 0 saturated heterocycles. The van der Waals surface area contributed by atoms with E-state index in [0.29, 0.717) is 11.6 Å². The summed E-state index contributed by atoms with van der Waals surface area (Å²) in [5.74, 6) is 0. The van der Waals surface area contributed by atoms with Gasteiger partial charge in [0.1, 0.15) is 0 Å². The van der Waals surface area contributed by atoms with Gasteiger partial charge in [0.25, 0.3) is 0 Å². The molecule has 1 aliphatic rings. The van der Waals surface area contributed by atoms with E-state index in [-0.39, 0.29) is 0 Å². The normalized spacial score (nSPS) is 16.5. The fourth-order valence-corrected chi connectivity index (χ4v) is 2.97. The van der Waals surface area contributed by atoms with E-state index in [2.05, 4.69) is 30.1 Å². The lowest BCUT2D eigenvalue weighted by atomic mass is 10.1. The molecule has 20 heavy (non-hydrogen) atoms. The average Bonchev–Trinajstić information content (AvgIpc) is 2.89. The summed E-state index contributed by atoms with van der Waals surface area (Å²) in [6.45, 7) is 0. The first kappa shape index (κ1) is 12.6. The summed E-state index contributed by atoms with van der Waals surface area (Å²) in [6.07, 6.45) is 2.18. The fraction of sp³-hybridized carbons (Fsp3) is 0.235. The number of fused-ring (bicyclic) bond motifs is 1. The minimum atomic E-state index is 0.388. The monoisotopic (exact) mass is 263 g/mol. The summed E-state index contributed by atoms with van der Waals surface area (Å²) in [4.78, 5) is 2.28. The van der Waals surface area contributed by atoms with Gasteiger partial charge in [0, 0.05) is 18.4 Å². The molecular formula is C17H17N3. The third-order valence-electron chi connectivity index (χ3n) is 4.08. The molecule has 1 unspecified atom stereocenters. The summed E-state index contributed by atoms with van der Waals surface area (Å²) in [7, 11) is 2.11. The second-order valence-corrected chi connectivity index (χ2v) is 5.28. The van der Waals surface area contributed by atoms with Crippen LogP contribution >= 0.6 is 0 Å². The summed E-state index contributed by atoms with van der Waals surface area (Å²) >= 11 is 0. The van der Waals surface area contributed by atoms with Gasteiger partial charge in [0.2, 0.25) is 0 Å². The molecule has 0 saturated carbocycles. The Morgan fingerprint density at radius 2 is 1.95 bits per heavy atom. The molecule has 2 N–H and O–H groups in total. The number of aryl methyl sites for hydroxylation is 1. The van der Waals surface area contributed by atoms with Crippen molar-refractivity contribution in [3.63, 3.8) is 0 Å². The average molecular weight is 263 g/mol. The van der Waals surface area contributed by atoms with E-state index in [4.69, 9.17) is 11.0 Å². The maximum Gasteiger partial charge on any atom is 0.0991 e. The number of nitrogen functional groups attached to an aromatic ring is 1. The van der Waals surface area contributed by atoms with Gasteiger partial charge in [-0.2, -0.15) is 5.26 Å². The van der Waals surface area contributed by atoms with Crippen LogP contribution in [0.4, 0.5) is 11.4 Å². The van der Waals surface area contributed by atoms with Crippen molar-refractivity contribution in [3.8, 4) is 6.07 Å². The zero-order valence-corrected chi connectivity index (χ0v) is 11.5. The highest BCUT2D eigenvalue weighted by Gasteiger charge is 2.26. The summed E-state index contributed by atoms with van der Waals surface area (Å²) in [5.41, 5.74) is 11.2. The lowest BCUT2D eigenvalue weighted by Gasteiger charge is -2.27. The zero-order chi connectivity index (χ0) is 14.1. The smallest absolute Gasteiger partial charge is 0.0991 e. The van der Waals surface area contributed by atoms with Crippen molar-refractivity contribution in [2.24, 2.45) is 0 Å². The van der Waals surface area contributed by atoms with Crippen LogP contribution in [-0.4, -0.2) is 7.05 Å².